The summed E-state index contributed by atoms with van der Waals surface area (Å²) in [5.41, 5.74) is 3.61. The van der Waals surface area contributed by atoms with E-state index in [9.17, 15) is 9.18 Å². The molecule has 32 heavy (non-hydrogen) atoms. The van der Waals surface area contributed by atoms with Gasteiger partial charge in [-0.3, -0.25) is 4.57 Å². The summed E-state index contributed by atoms with van der Waals surface area (Å²) in [6.07, 6.45) is 8.54. The Morgan fingerprint density at radius 3 is 2.75 bits per heavy atom. The second-order valence-electron chi connectivity index (χ2n) is 8.68. The van der Waals surface area contributed by atoms with Gasteiger partial charge in [-0.25, -0.2) is 13.8 Å². The molecule has 0 spiro atoms. The molecule has 6 rings (SSSR count). The van der Waals surface area contributed by atoms with Gasteiger partial charge in [0.15, 0.2) is 0 Å². The number of allylic oxidation sites excluding steroid dienone is 2. The molecule has 0 atom stereocenters. The van der Waals surface area contributed by atoms with Gasteiger partial charge in [-0.1, -0.05) is 6.08 Å². The Kier molecular flexibility index (Phi) is 4.41. The van der Waals surface area contributed by atoms with Gasteiger partial charge in [-0.15, -0.1) is 0 Å². The molecule has 3 aromatic heterocycles. The number of aryl methyl sites for hydroxylation is 1. The Balaban J connectivity index is 1.26. The van der Waals surface area contributed by atoms with Crippen LogP contribution in [-0.2, 0) is 13.1 Å². The van der Waals surface area contributed by atoms with Crippen molar-refractivity contribution in [2.45, 2.75) is 51.6 Å². The van der Waals surface area contributed by atoms with Crippen LogP contribution in [0.25, 0.3) is 22.6 Å². The summed E-state index contributed by atoms with van der Waals surface area (Å²) >= 11 is 0. The molecule has 4 heterocycles. The van der Waals surface area contributed by atoms with E-state index < -0.39 is 5.82 Å². The Bertz CT molecular complexity index is 1400. The van der Waals surface area contributed by atoms with Crippen LogP contribution < -0.4 is 5.69 Å². The molecule has 0 N–H and O–H groups in total. The average molecular weight is 433 g/mol. The van der Waals surface area contributed by atoms with E-state index in [-0.39, 0.29) is 17.6 Å². The summed E-state index contributed by atoms with van der Waals surface area (Å²) in [4.78, 5) is 17.5. The molecular formula is C24H24FN5O2. The Hall–Kier alpha value is -3.42. The van der Waals surface area contributed by atoms with Crippen molar-refractivity contribution in [2.75, 3.05) is 0 Å². The summed E-state index contributed by atoms with van der Waals surface area (Å²) in [7, 11) is 0. The van der Waals surface area contributed by atoms with E-state index in [0.717, 1.165) is 32.2 Å². The highest BCUT2D eigenvalue weighted by Gasteiger charge is 2.31. The minimum atomic E-state index is -0.408. The van der Waals surface area contributed by atoms with Crippen LogP contribution in [0.15, 0.2) is 51.9 Å². The number of hydrogen-bond donors (Lipinski definition) is 0. The molecule has 1 saturated carbocycles. The molecule has 0 saturated heterocycles. The fourth-order valence-corrected chi connectivity index (χ4v) is 5.38. The van der Waals surface area contributed by atoms with Crippen LogP contribution in [0.4, 0.5) is 4.39 Å². The Morgan fingerprint density at radius 2 is 1.94 bits per heavy atom. The Labute approximate surface area is 183 Å². The number of hydrogen-bond acceptors (Lipinski definition) is 4. The monoisotopic (exact) mass is 433 g/mol. The lowest BCUT2D eigenvalue weighted by Gasteiger charge is -2.27. The van der Waals surface area contributed by atoms with Crippen LogP contribution in [0.2, 0.25) is 0 Å². The van der Waals surface area contributed by atoms with Gasteiger partial charge in [0.2, 0.25) is 5.89 Å². The zero-order valence-electron chi connectivity index (χ0n) is 17.9. The summed E-state index contributed by atoms with van der Waals surface area (Å²) in [5.74, 6) is 1.05. The minimum absolute atomic E-state index is 0.172. The molecule has 1 aliphatic heterocycles. The SMILES string of the molecule is CCn1c(=O)n(-c2noc(C3CCC(C4=CCn5cccc54)CC3)n2)c2cc(F)ccc21. The van der Waals surface area contributed by atoms with E-state index in [2.05, 4.69) is 39.1 Å². The van der Waals surface area contributed by atoms with Gasteiger partial charge in [0.1, 0.15) is 5.82 Å². The standard InChI is InChI=1S/C24H24FN5O2/c1-2-29-20-10-9-17(25)14-21(20)30(24(29)31)23-26-22(32-27-23)16-7-5-15(6-8-16)18-11-13-28-12-3-4-19(18)28/h3-4,9-12,14-16H,2,5-8,13H2,1H3. The van der Waals surface area contributed by atoms with Crippen LogP contribution in [0, 0.1) is 11.7 Å². The number of imidazole rings is 1. The smallest absolute Gasteiger partial charge is 0.336 e. The number of aromatic nitrogens is 5. The zero-order chi connectivity index (χ0) is 21.8. The molecule has 2 aliphatic rings. The van der Waals surface area contributed by atoms with E-state index >= 15 is 0 Å². The molecule has 1 aromatic carbocycles. The van der Waals surface area contributed by atoms with Gasteiger partial charge >= 0.3 is 5.69 Å². The van der Waals surface area contributed by atoms with Gasteiger partial charge in [0.05, 0.1) is 11.0 Å². The molecule has 0 amide bonds. The Morgan fingerprint density at radius 1 is 1.12 bits per heavy atom. The quantitative estimate of drug-likeness (QED) is 0.475. The first-order valence-corrected chi connectivity index (χ1v) is 11.2. The molecule has 0 unspecified atom stereocenters. The number of rotatable bonds is 4. The van der Waals surface area contributed by atoms with Gasteiger partial charge in [0, 0.05) is 37.0 Å². The lowest BCUT2D eigenvalue weighted by atomic mass is 9.78. The summed E-state index contributed by atoms with van der Waals surface area (Å²) in [6, 6.07) is 8.62. The highest BCUT2D eigenvalue weighted by molar-refractivity contribution is 5.77. The third-order valence-corrected chi connectivity index (χ3v) is 6.99. The number of fused-ring (bicyclic) bond motifs is 2. The highest BCUT2D eigenvalue weighted by Crippen LogP contribution is 2.42. The van der Waals surface area contributed by atoms with Crippen molar-refractivity contribution < 1.29 is 8.91 Å². The van der Waals surface area contributed by atoms with Crippen LogP contribution in [0.5, 0.6) is 0 Å². The van der Waals surface area contributed by atoms with Crippen LogP contribution in [0.3, 0.4) is 0 Å². The fourth-order valence-electron chi connectivity index (χ4n) is 5.38. The molecule has 0 radical (unpaired) electrons. The van der Waals surface area contributed by atoms with Gasteiger partial charge in [0.25, 0.3) is 5.95 Å². The first-order chi connectivity index (χ1) is 15.6. The second-order valence-corrected chi connectivity index (χ2v) is 8.68. The number of nitrogens with zero attached hydrogens (tertiary/aromatic N) is 5. The maximum absolute atomic E-state index is 13.9. The molecule has 7 nitrogen and oxygen atoms in total. The molecule has 4 aromatic rings. The fraction of sp³-hybridized carbons (Fsp3) is 0.375. The lowest BCUT2D eigenvalue weighted by Crippen LogP contribution is -2.23. The molecule has 1 aliphatic carbocycles. The van der Waals surface area contributed by atoms with Crippen molar-refractivity contribution in [3.63, 3.8) is 0 Å². The van der Waals surface area contributed by atoms with Crippen LogP contribution >= 0.6 is 0 Å². The van der Waals surface area contributed by atoms with E-state index in [1.807, 2.05) is 6.92 Å². The predicted molar refractivity (Wildman–Crippen MR) is 118 cm³/mol. The predicted octanol–water partition coefficient (Wildman–Crippen LogP) is 4.51. The van der Waals surface area contributed by atoms with Gasteiger partial charge in [-0.05, 0) is 73.5 Å². The second kappa shape index (κ2) is 7.32. The summed E-state index contributed by atoms with van der Waals surface area (Å²) < 4.78 is 24.7. The first kappa shape index (κ1) is 19.3. The van der Waals surface area contributed by atoms with E-state index in [1.165, 1.54) is 28.0 Å². The zero-order valence-corrected chi connectivity index (χ0v) is 17.9. The molecule has 0 bridgehead atoms. The van der Waals surface area contributed by atoms with E-state index in [1.54, 1.807) is 10.6 Å². The molecule has 164 valence electrons. The summed E-state index contributed by atoms with van der Waals surface area (Å²) in [5, 5.41) is 4.10. The largest absolute Gasteiger partial charge is 0.344 e. The van der Waals surface area contributed by atoms with Crippen molar-refractivity contribution in [2.24, 2.45) is 5.92 Å². The van der Waals surface area contributed by atoms with Crippen LogP contribution in [-0.4, -0.2) is 23.8 Å². The minimum Gasteiger partial charge on any atom is -0.344 e. The number of halogens is 1. The molecule has 1 fully saturated rings. The molecular weight excluding hydrogens is 409 g/mol. The van der Waals surface area contributed by atoms with Gasteiger partial charge in [-0.2, -0.15) is 4.98 Å². The maximum Gasteiger partial charge on any atom is 0.336 e. The highest BCUT2D eigenvalue weighted by atomic mass is 19.1. The van der Waals surface area contributed by atoms with Crippen molar-refractivity contribution >= 4 is 16.6 Å². The first-order valence-electron chi connectivity index (χ1n) is 11.2. The van der Waals surface area contributed by atoms with E-state index in [4.69, 9.17) is 4.52 Å². The third kappa shape index (κ3) is 2.89. The maximum atomic E-state index is 13.9. The number of benzene rings is 1. The van der Waals surface area contributed by atoms with Crippen molar-refractivity contribution in [1.29, 1.82) is 0 Å². The molecule has 8 heteroatoms. The van der Waals surface area contributed by atoms with Crippen molar-refractivity contribution in [1.82, 2.24) is 23.8 Å². The van der Waals surface area contributed by atoms with E-state index in [0.29, 0.717) is 29.4 Å². The third-order valence-electron chi connectivity index (χ3n) is 6.99. The van der Waals surface area contributed by atoms with Crippen molar-refractivity contribution in [3.8, 4) is 5.95 Å². The average Bonchev–Trinajstić information content (AvgIpc) is 3.56. The van der Waals surface area contributed by atoms with Gasteiger partial charge < -0.3 is 9.09 Å². The van der Waals surface area contributed by atoms with Crippen LogP contribution in [0.1, 0.15) is 50.1 Å². The summed E-state index contributed by atoms with van der Waals surface area (Å²) in [6.45, 7) is 3.32. The lowest BCUT2D eigenvalue weighted by molar-refractivity contribution is 0.295. The topological polar surface area (TPSA) is 70.8 Å². The van der Waals surface area contributed by atoms with Crippen molar-refractivity contribution in [3.05, 3.63) is 70.5 Å². The normalized spacial score (nSPS) is 20.6.